The Morgan fingerprint density at radius 3 is 3.00 bits per heavy atom. The number of nitrogens with zero attached hydrogens (tertiary/aromatic N) is 3. The van der Waals surface area contributed by atoms with E-state index in [2.05, 4.69) is 10.3 Å². The summed E-state index contributed by atoms with van der Waals surface area (Å²) in [5, 5.41) is 7.61. The lowest BCUT2D eigenvalue weighted by Crippen LogP contribution is -2.16. The van der Waals surface area contributed by atoms with Crippen molar-refractivity contribution in [2.45, 2.75) is 39.3 Å². The van der Waals surface area contributed by atoms with Gasteiger partial charge in [-0.3, -0.25) is 4.79 Å². The quantitative estimate of drug-likeness (QED) is 0.665. The largest absolute Gasteiger partial charge is 0.381 e. The zero-order chi connectivity index (χ0) is 11.3. The van der Waals surface area contributed by atoms with Crippen molar-refractivity contribution in [2.24, 2.45) is 0 Å². The first-order valence-corrected chi connectivity index (χ1v) is 5.13. The summed E-state index contributed by atoms with van der Waals surface area (Å²) in [6, 6.07) is 0. The van der Waals surface area contributed by atoms with E-state index in [0.29, 0.717) is 12.1 Å². The number of ether oxygens (including phenoxy) is 1. The van der Waals surface area contributed by atoms with E-state index >= 15 is 0 Å². The van der Waals surface area contributed by atoms with Crippen molar-refractivity contribution in [3.8, 4) is 0 Å². The lowest BCUT2D eigenvalue weighted by Gasteiger charge is -2.08. The molecule has 0 aromatic carbocycles. The molecule has 1 heterocycles. The highest BCUT2D eigenvalue weighted by Gasteiger charge is 2.15. The van der Waals surface area contributed by atoms with Crippen molar-refractivity contribution >= 4 is 5.78 Å². The highest BCUT2D eigenvalue weighted by molar-refractivity contribution is 5.94. The van der Waals surface area contributed by atoms with Gasteiger partial charge in [0.25, 0.3) is 0 Å². The van der Waals surface area contributed by atoms with Gasteiger partial charge in [-0.25, -0.2) is 4.68 Å². The minimum absolute atomic E-state index is 0.0304. The maximum atomic E-state index is 11.8. The molecule has 0 N–H and O–H groups in total. The van der Waals surface area contributed by atoms with Crippen molar-refractivity contribution in [3.63, 3.8) is 0 Å². The standard InChI is InChI=1S/C10H17N3O2/c1-4-5-13-9(7-11-12-13)10(14)6-8(2)15-3/h7-8H,4-6H2,1-3H3. The lowest BCUT2D eigenvalue weighted by atomic mass is 10.1. The molecule has 0 bridgehead atoms. The fourth-order valence-corrected chi connectivity index (χ4v) is 1.30. The molecule has 1 aromatic heterocycles. The number of rotatable bonds is 6. The average molecular weight is 211 g/mol. The van der Waals surface area contributed by atoms with Gasteiger partial charge in [0.05, 0.1) is 12.3 Å². The molecule has 84 valence electrons. The predicted octanol–water partition coefficient (Wildman–Crippen LogP) is 1.30. The summed E-state index contributed by atoms with van der Waals surface area (Å²) in [4.78, 5) is 11.8. The molecule has 5 heteroatoms. The molecule has 0 saturated carbocycles. The second-order valence-electron chi connectivity index (χ2n) is 3.52. The second kappa shape index (κ2) is 5.60. The Hall–Kier alpha value is -1.23. The van der Waals surface area contributed by atoms with Crippen LogP contribution < -0.4 is 0 Å². The van der Waals surface area contributed by atoms with Gasteiger partial charge in [0.2, 0.25) is 0 Å². The van der Waals surface area contributed by atoms with Crippen LogP contribution in [0.4, 0.5) is 0 Å². The predicted molar refractivity (Wildman–Crippen MR) is 55.7 cm³/mol. The Balaban J connectivity index is 2.68. The van der Waals surface area contributed by atoms with E-state index < -0.39 is 0 Å². The first-order valence-electron chi connectivity index (χ1n) is 5.13. The number of carbonyl (C=O) groups excluding carboxylic acids is 1. The van der Waals surface area contributed by atoms with Crippen LogP contribution in [0.2, 0.25) is 0 Å². The molecule has 0 saturated heterocycles. The van der Waals surface area contributed by atoms with Gasteiger partial charge in [-0.1, -0.05) is 12.1 Å². The summed E-state index contributed by atoms with van der Waals surface area (Å²) in [6.07, 6.45) is 2.75. The van der Waals surface area contributed by atoms with Crippen molar-refractivity contribution in [1.82, 2.24) is 15.0 Å². The van der Waals surface area contributed by atoms with Gasteiger partial charge in [-0.2, -0.15) is 0 Å². The van der Waals surface area contributed by atoms with E-state index in [0.717, 1.165) is 13.0 Å². The molecule has 0 aliphatic rings. The van der Waals surface area contributed by atoms with Crippen LogP contribution in [0, 0.1) is 0 Å². The van der Waals surface area contributed by atoms with Crippen LogP contribution in [-0.4, -0.2) is 34.0 Å². The third-order valence-electron chi connectivity index (χ3n) is 2.21. The monoisotopic (exact) mass is 211 g/mol. The summed E-state index contributed by atoms with van der Waals surface area (Å²) < 4.78 is 6.69. The third kappa shape index (κ3) is 3.13. The van der Waals surface area contributed by atoms with Crippen molar-refractivity contribution < 1.29 is 9.53 Å². The number of hydrogen-bond acceptors (Lipinski definition) is 4. The molecule has 0 fully saturated rings. The van der Waals surface area contributed by atoms with E-state index in [-0.39, 0.29) is 11.9 Å². The van der Waals surface area contributed by atoms with E-state index in [1.165, 1.54) is 6.20 Å². The number of methoxy groups -OCH3 is 1. The number of carbonyl (C=O) groups is 1. The Kier molecular flexibility index (Phi) is 4.42. The Labute approximate surface area is 89.4 Å². The zero-order valence-corrected chi connectivity index (χ0v) is 9.43. The number of Topliss-reactive ketones (excluding diaryl/α,β-unsaturated/α-hetero) is 1. The zero-order valence-electron chi connectivity index (χ0n) is 9.43. The minimum atomic E-state index is -0.0672. The highest BCUT2D eigenvalue weighted by Crippen LogP contribution is 2.06. The number of ketones is 1. The Morgan fingerprint density at radius 2 is 2.40 bits per heavy atom. The number of aromatic nitrogens is 3. The van der Waals surface area contributed by atoms with Crippen LogP contribution in [0.3, 0.4) is 0 Å². The van der Waals surface area contributed by atoms with Gasteiger partial charge < -0.3 is 4.74 Å². The average Bonchev–Trinajstić information content (AvgIpc) is 2.66. The molecule has 0 aliphatic heterocycles. The van der Waals surface area contributed by atoms with Crippen LogP contribution in [0.5, 0.6) is 0 Å². The summed E-state index contributed by atoms with van der Waals surface area (Å²) >= 11 is 0. The van der Waals surface area contributed by atoms with Crippen LogP contribution >= 0.6 is 0 Å². The topological polar surface area (TPSA) is 57.0 Å². The summed E-state index contributed by atoms with van der Waals surface area (Å²) in [6.45, 7) is 4.63. The maximum Gasteiger partial charge on any atom is 0.185 e. The molecule has 1 unspecified atom stereocenters. The van der Waals surface area contributed by atoms with Crippen LogP contribution in [0.15, 0.2) is 6.20 Å². The maximum absolute atomic E-state index is 11.8. The van der Waals surface area contributed by atoms with Gasteiger partial charge >= 0.3 is 0 Å². The summed E-state index contributed by atoms with van der Waals surface area (Å²) in [5.74, 6) is 0.0304. The smallest absolute Gasteiger partial charge is 0.185 e. The first-order chi connectivity index (χ1) is 7.19. The normalized spacial score (nSPS) is 12.7. The van der Waals surface area contributed by atoms with Crippen molar-refractivity contribution in [1.29, 1.82) is 0 Å². The van der Waals surface area contributed by atoms with Crippen LogP contribution in [-0.2, 0) is 11.3 Å². The summed E-state index contributed by atoms with van der Waals surface area (Å²) in [7, 11) is 1.60. The molecule has 15 heavy (non-hydrogen) atoms. The SMILES string of the molecule is CCCn1nncc1C(=O)CC(C)OC. The third-order valence-corrected chi connectivity index (χ3v) is 2.21. The molecule has 0 amide bonds. The first kappa shape index (κ1) is 11.8. The molecule has 5 nitrogen and oxygen atoms in total. The molecule has 0 aliphatic carbocycles. The fourth-order valence-electron chi connectivity index (χ4n) is 1.30. The van der Waals surface area contributed by atoms with Crippen molar-refractivity contribution in [3.05, 3.63) is 11.9 Å². The molecular formula is C10H17N3O2. The fraction of sp³-hybridized carbons (Fsp3) is 0.700. The van der Waals surface area contributed by atoms with Gasteiger partial charge in [0.1, 0.15) is 5.69 Å². The van der Waals surface area contributed by atoms with E-state index in [1.807, 2.05) is 13.8 Å². The highest BCUT2D eigenvalue weighted by atomic mass is 16.5. The molecule has 0 radical (unpaired) electrons. The lowest BCUT2D eigenvalue weighted by molar-refractivity contribution is 0.0783. The molecular weight excluding hydrogens is 194 g/mol. The van der Waals surface area contributed by atoms with Crippen LogP contribution in [0.1, 0.15) is 37.2 Å². The van der Waals surface area contributed by atoms with Gasteiger partial charge in [-0.15, -0.1) is 5.10 Å². The van der Waals surface area contributed by atoms with Gasteiger partial charge in [0, 0.05) is 20.1 Å². The van der Waals surface area contributed by atoms with Gasteiger partial charge in [0.15, 0.2) is 5.78 Å². The van der Waals surface area contributed by atoms with E-state index in [1.54, 1.807) is 11.8 Å². The van der Waals surface area contributed by atoms with Crippen LogP contribution in [0.25, 0.3) is 0 Å². The molecule has 1 rings (SSSR count). The molecule has 1 aromatic rings. The number of hydrogen-bond donors (Lipinski definition) is 0. The van der Waals surface area contributed by atoms with E-state index in [4.69, 9.17) is 4.74 Å². The molecule has 1 atom stereocenters. The number of aryl methyl sites for hydroxylation is 1. The second-order valence-corrected chi connectivity index (χ2v) is 3.52. The summed E-state index contributed by atoms with van der Waals surface area (Å²) in [5.41, 5.74) is 0.570. The minimum Gasteiger partial charge on any atom is -0.381 e. The molecule has 0 spiro atoms. The Bertz CT molecular complexity index is 322. The van der Waals surface area contributed by atoms with Crippen molar-refractivity contribution in [2.75, 3.05) is 7.11 Å². The van der Waals surface area contributed by atoms with E-state index in [9.17, 15) is 4.79 Å². The Morgan fingerprint density at radius 1 is 1.67 bits per heavy atom. The van der Waals surface area contributed by atoms with Gasteiger partial charge in [-0.05, 0) is 13.3 Å².